The SMILES string of the molecule is CC1(C)c2ccccc2-c2ccc(-c3c4ccccc4cc4c3oc3cccc(C(c5ccccc5)c5ccc6c(c5)C(c5ccccc5)(c5ccccc5)c5ccccc5-6)c34)cc21. The molecule has 0 fully saturated rings. The van der Waals surface area contributed by atoms with Crippen molar-refractivity contribution in [3.63, 3.8) is 0 Å². The molecule has 0 spiro atoms. The maximum absolute atomic E-state index is 7.21. The molecule has 1 atom stereocenters. The van der Waals surface area contributed by atoms with Gasteiger partial charge in [0.2, 0.25) is 0 Å². The highest BCUT2D eigenvalue weighted by molar-refractivity contribution is 6.19. The molecule has 0 saturated heterocycles. The van der Waals surface area contributed by atoms with E-state index in [0.29, 0.717) is 0 Å². The Bertz CT molecular complexity index is 3590. The van der Waals surface area contributed by atoms with Crippen molar-refractivity contribution in [1.29, 1.82) is 0 Å². The average molecular weight is 817 g/mol. The Hall–Kier alpha value is -7.74. The van der Waals surface area contributed by atoms with Gasteiger partial charge in [-0.15, -0.1) is 0 Å². The summed E-state index contributed by atoms with van der Waals surface area (Å²) in [4.78, 5) is 0. The third-order valence-corrected chi connectivity index (χ3v) is 14.7. The summed E-state index contributed by atoms with van der Waals surface area (Å²) in [5.74, 6) is -0.0850. The number of rotatable bonds is 6. The molecule has 1 nitrogen and oxygen atoms in total. The van der Waals surface area contributed by atoms with Crippen molar-refractivity contribution < 1.29 is 4.42 Å². The molecule has 0 aliphatic heterocycles. The lowest BCUT2D eigenvalue weighted by Gasteiger charge is -2.34. The maximum Gasteiger partial charge on any atom is 0.143 e. The number of hydrogen-bond acceptors (Lipinski definition) is 1. The van der Waals surface area contributed by atoms with E-state index >= 15 is 0 Å². The molecule has 1 unspecified atom stereocenters. The van der Waals surface area contributed by atoms with E-state index in [1.165, 1.54) is 88.7 Å². The number of fused-ring (bicyclic) bond motifs is 10. The Kier molecular flexibility index (Phi) is 8.00. The zero-order valence-electron chi connectivity index (χ0n) is 35.8. The molecule has 0 radical (unpaired) electrons. The van der Waals surface area contributed by atoms with Crippen molar-refractivity contribution in [2.75, 3.05) is 0 Å². The minimum atomic E-state index is -0.500. The van der Waals surface area contributed by atoms with Crippen LogP contribution in [0.2, 0.25) is 0 Å². The second kappa shape index (κ2) is 13.9. The second-order valence-electron chi connectivity index (χ2n) is 18.3. The predicted octanol–water partition coefficient (Wildman–Crippen LogP) is 16.3. The lowest BCUT2D eigenvalue weighted by Crippen LogP contribution is -2.28. The summed E-state index contributed by atoms with van der Waals surface area (Å²) in [7, 11) is 0. The Morgan fingerprint density at radius 2 is 1.00 bits per heavy atom. The molecule has 0 N–H and O–H groups in total. The standard InChI is InChI=1S/C63H44O/c1-62(2)53-30-16-14-27-47(53)49-35-34-43(38-55(49)62)59-46-26-13-12-21-41(46)37-52-60-51(29-18-32-57(60)64-61(52)59)58(40-19-6-3-7-20-40)42-33-36-50-48-28-15-17-31-54(48)63(56(50)39-42,44-22-8-4-9-23-44)45-24-10-5-11-25-45/h3-39,58H,1-2H3. The van der Waals surface area contributed by atoms with Gasteiger partial charge in [0.05, 0.1) is 5.41 Å². The van der Waals surface area contributed by atoms with Gasteiger partial charge in [0, 0.05) is 27.7 Å². The second-order valence-corrected chi connectivity index (χ2v) is 18.3. The van der Waals surface area contributed by atoms with Crippen molar-refractivity contribution in [3.05, 3.63) is 275 Å². The van der Waals surface area contributed by atoms with Crippen molar-refractivity contribution in [1.82, 2.24) is 0 Å². The first-order chi connectivity index (χ1) is 31.5. The van der Waals surface area contributed by atoms with Crippen LogP contribution < -0.4 is 0 Å². The van der Waals surface area contributed by atoms with Gasteiger partial charge in [-0.1, -0.05) is 220 Å². The quantitative estimate of drug-likeness (QED) is 0.152. The van der Waals surface area contributed by atoms with Crippen LogP contribution >= 0.6 is 0 Å². The predicted molar refractivity (Wildman–Crippen MR) is 265 cm³/mol. The summed E-state index contributed by atoms with van der Waals surface area (Å²) >= 11 is 0. The molecule has 1 heterocycles. The van der Waals surface area contributed by atoms with Crippen LogP contribution in [-0.4, -0.2) is 0 Å². The third kappa shape index (κ3) is 5.13. The molecule has 0 amide bonds. The third-order valence-electron chi connectivity index (χ3n) is 14.7. The fourth-order valence-electron chi connectivity index (χ4n) is 11.9. The summed E-state index contributed by atoms with van der Waals surface area (Å²) in [5.41, 5.74) is 20.4. The van der Waals surface area contributed by atoms with E-state index in [-0.39, 0.29) is 11.3 Å². The first-order valence-corrected chi connectivity index (χ1v) is 22.5. The van der Waals surface area contributed by atoms with E-state index in [2.05, 4.69) is 238 Å². The van der Waals surface area contributed by atoms with Crippen LogP contribution in [0.15, 0.2) is 229 Å². The molecule has 2 aliphatic carbocycles. The summed E-state index contributed by atoms with van der Waals surface area (Å²) in [6.07, 6.45) is 0. The van der Waals surface area contributed by atoms with Crippen LogP contribution in [-0.2, 0) is 10.8 Å². The molecule has 0 bridgehead atoms. The smallest absolute Gasteiger partial charge is 0.143 e. The van der Waals surface area contributed by atoms with E-state index in [1.54, 1.807) is 0 Å². The summed E-state index contributed by atoms with van der Waals surface area (Å²) < 4.78 is 7.21. The van der Waals surface area contributed by atoms with Gasteiger partial charge >= 0.3 is 0 Å². The van der Waals surface area contributed by atoms with Crippen LogP contribution in [0.25, 0.3) is 66.1 Å². The molecule has 13 rings (SSSR count). The van der Waals surface area contributed by atoms with Crippen LogP contribution in [0.5, 0.6) is 0 Å². The van der Waals surface area contributed by atoms with Crippen LogP contribution in [0.3, 0.4) is 0 Å². The van der Waals surface area contributed by atoms with Crippen molar-refractivity contribution in [3.8, 4) is 33.4 Å². The minimum absolute atomic E-state index is 0.0850. The lowest BCUT2D eigenvalue weighted by molar-refractivity contribution is 0.660. The van der Waals surface area contributed by atoms with Gasteiger partial charge in [-0.05, 0) is 107 Å². The van der Waals surface area contributed by atoms with Gasteiger partial charge in [-0.25, -0.2) is 0 Å². The zero-order chi connectivity index (χ0) is 42.6. The highest BCUT2D eigenvalue weighted by atomic mass is 16.3. The molecular weight excluding hydrogens is 773 g/mol. The monoisotopic (exact) mass is 816 g/mol. The molecule has 1 heteroatoms. The first-order valence-electron chi connectivity index (χ1n) is 22.5. The van der Waals surface area contributed by atoms with Crippen LogP contribution in [0.1, 0.15) is 69.8 Å². The van der Waals surface area contributed by atoms with Gasteiger partial charge in [0.1, 0.15) is 11.2 Å². The number of benzene rings is 10. The van der Waals surface area contributed by atoms with Gasteiger partial charge in [0.15, 0.2) is 0 Å². The summed E-state index contributed by atoms with van der Waals surface area (Å²) in [5, 5.41) is 4.70. The Labute approximate surface area is 373 Å². The number of hydrogen-bond donors (Lipinski definition) is 0. The van der Waals surface area contributed by atoms with Gasteiger partial charge < -0.3 is 4.42 Å². The lowest BCUT2D eigenvalue weighted by atomic mass is 9.67. The topological polar surface area (TPSA) is 13.1 Å². The molecule has 302 valence electrons. The Balaban J connectivity index is 1.07. The van der Waals surface area contributed by atoms with E-state index in [9.17, 15) is 0 Å². The summed E-state index contributed by atoms with van der Waals surface area (Å²) in [6.45, 7) is 4.72. The molecule has 64 heavy (non-hydrogen) atoms. The van der Waals surface area contributed by atoms with Crippen molar-refractivity contribution >= 4 is 32.7 Å². The average Bonchev–Trinajstić information content (AvgIpc) is 3.95. The number of furan rings is 1. The van der Waals surface area contributed by atoms with Gasteiger partial charge in [-0.3, -0.25) is 0 Å². The highest BCUT2D eigenvalue weighted by Gasteiger charge is 2.46. The minimum Gasteiger partial charge on any atom is -0.455 e. The van der Waals surface area contributed by atoms with E-state index in [0.717, 1.165) is 27.5 Å². The molecule has 2 aliphatic rings. The van der Waals surface area contributed by atoms with Crippen molar-refractivity contribution in [2.24, 2.45) is 0 Å². The van der Waals surface area contributed by atoms with Gasteiger partial charge in [0.25, 0.3) is 0 Å². The molecule has 0 saturated carbocycles. The molecule has 1 aromatic heterocycles. The fourth-order valence-corrected chi connectivity index (χ4v) is 11.9. The maximum atomic E-state index is 7.21. The van der Waals surface area contributed by atoms with E-state index < -0.39 is 5.41 Å². The Morgan fingerprint density at radius 1 is 0.406 bits per heavy atom. The first kappa shape index (κ1) is 36.9. The van der Waals surface area contributed by atoms with E-state index in [1.807, 2.05) is 0 Å². The molecule has 11 aromatic rings. The molecule has 10 aromatic carbocycles. The Morgan fingerprint density at radius 3 is 1.75 bits per heavy atom. The highest BCUT2D eigenvalue weighted by Crippen LogP contribution is 2.57. The fraction of sp³-hybridized carbons (Fsp3) is 0.0794. The van der Waals surface area contributed by atoms with Gasteiger partial charge in [-0.2, -0.15) is 0 Å². The molecular formula is C63H44O. The van der Waals surface area contributed by atoms with E-state index in [4.69, 9.17) is 4.42 Å². The largest absolute Gasteiger partial charge is 0.455 e. The van der Waals surface area contributed by atoms with Crippen molar-refractivity contribution in [2.45, 2.75) is 30.6 Å². The summed E-state index contributed by atoms with van der Waals surface area (Å²) in [6, 6.07) is 83.4. The normalized spacial score (nSPS) is 14.6. The van der Waals surface area contributed by atoms with Crippen LogP contribution in [0, 0.1) is 0 Å². The van der Waals surface area contributed by atoms with Crippen LogP contribution in [0.4, 0.5) is 0 Å². The zero-order valence-corrected chi connectivity index (χ0v) is 35.8.